The molecule has 0 radical (unpaired) electrons. The molecule has 2 rings (SSSR count). The zero-order chi connectivity index (χ0) is 22.5. The van der Waals surface area contributed by atoms with Gasteiger partial charge >= 0.3 is 0 Å². The molecule has 1 amide bonds. The van der Waals surface area contributed by atoms with Crippen LogP contribution in [0.25, 0.3) is 0 Å². The van der Waals surface area contributed by atoms with Gasteiger partial charge in [-0.15, -0.1) is 0 Å². The largest absolute Gasteiger partial charge is 0.369 e. The molecule has 10 nitrogen and oxygen atoms in total. The summed E-state index contributed by atoms with van der Waals surface area (Å²) in [6.45, 7) is 9.62. The number of ether oxygens (including phenoxy) is 1. The number of hydrogen-bond acceptors (Lipinski definition) is 7. The SMILES string of the molecule is CCOC(C)C(=O)N1CCN(c2ccc(S(=O)(=O)N(CC)CC)cc2[N+](=O)[O-])CC1. The van der Waals surface area contributed by atoms with Crippen LogP contribution in [0.2, 0.25) is 0 Å². The van der Waals surface area contributed by atoms with Crippen LogP contribution in [0.3, 0.4) is 0 Å². The Bertz CT molecular complexity index is 864. The minimum atomic E-state index is -3.80. The molecule has 11 heteroatoms. The van der Waals surface area contributed by atoms with Crippen molar-refractivity contribution in [3.63, 3.8) is 0 Å². The molecule has 1 unspecified atom stereocenters. The monoisotopic (exact) mass is 442 g/mol. The van der Waals surface area contributed by atoms with Crippen molar-refractivity contribution in [2.45, 2.75) is 38.7 Å². The molecule has 30 heavy (non-hydrogen) atoms. The molecule has 1 fully saturated rings. The van der Waals surface area contributed by atoms with Gasteiger partial charge in [-0.25, -0.2) is 8.42 Å². The summed E-state index contributed by atoms with van der Waals surface area (Å²) < 4.78 is 32.1. The van der Waals surface area contributed by atoms with Crippen LogP contribution in [0.5, 0.6) is 0 Å². The third-order valence-corrected chi connectivity index (χ3v) is 7.23. The first-order valence-corrected chi connectivity index (χ1v) is 11.5. The van der Waals surface area contributed by atoms with E-state index in [2.05, 4.69) is 0 Å². The number of nitrogens with zero attached hydrogens (tertiary/aromatic N) is 4. The van der Waals surface area contributed by atoms with Crippen LogP contribution < -0.4 is 4.90 Å². The van der Waals surface area contributed by atoms with Gasteiger partial charge in [-0.3, -0.25) is 14.9 Å². The number of rotatable bonds is 9. The summed E-state index contributed by atoms with van der Waals surface area (Å²) in [6.07, 6.45) is -0.527. The molecule has 1 aliphatic rings. The van der Waals surface area contributed by atoms with Gasteiger partial charge < -0.3 is 14.5 Å². The van der Waals surface area contributed by atoms with Crippen molar-refractivity contribution >= 4 is 27.3 Å². The van der Waals surface area contributed by atoms with E-state index in [9.17, 15) is 23.3 Å². The summed E-state index contributed by atoms with van der Waals surface area (Å²) in [6, 6.07) is 4.01. The van der Waals surface area contributed by atoms with Crippen molar-refractivity contribution in [1.29, 1.82) is 0 Å². The molecule has 0 aromatic heterocycles. The zero-order valence-corrected chi connectivity index (χ0v) is 18.7. The number of benzene rings is 1. The predicted octanol–water partition coefficient (Wildman–Crippen LogP) is 1.70. The van der Waals surface area contributed by atoms with Gasteiger partial charge in [-0.2, -0.15) is 4.31 Å². The van der Waals surface area contributed by atoms with Crippen molar-refractivity contribution < 1.29 is 22.9 Å². The van der Waals surface area contributed by atoms with E-state index in [-0.39, 0.29) is 29.6 Å². The van der Waals surface area contributed by atoms with Gasteiger partial charge in [0.2, 0.25) is 10.0 Å². The number of sulfonamides is 1. The maximum absolute atomic E-state index is 12.7. The Morgan fingerprint density at radius 2 is 1.80 bits per heavy atom. The summed E-state index contributed by atoms with van der Waals surface area (Å²) in [4.78, 5) is 26.9. The highest BCUT2D eigenvalue weighted by Crippen LogP contribution is 2.32. The van der Waals surface area contributed by atoms with Gasteiger partial charge in [0.25, 0.3) is 11.6 Å². The van der Waals surface area contributed by atoms with E-state index in [1.807, 2.05) is 6.92 Å². The first-order valence-electron chi connectivity index (χ1n) is 10.1. The minimum Gasteiger partial charge on any atom is -0.369 e. The highest BCUT2D eigenvalue weighted by Gasteiger charge is 2.30. The number of amides is 1. The van der Waals surface area contributed by atoms with Crippen LogP contribution in [-0.2, 0) is 19.6 Å². The standard InChI is InChI=1S/C19H30N4O6S/c1-5-22(6-2)30(27,28)16-8-9-17(18(14-16)23(25)26)20-10-12-21(13-11-20)19(24)15(4)29-7-3/h8-9,14-15H,5-7,10-13H2,1-4H3. The van der Waals surface area contributed by atoms with E-state index < -0.39 is 21.1 Å². The fourth-order valence-corrected chi connectivity index (χ4v) is 5.01. The summed E-state index contributed by atoms with van der Waals surface area (Å²) in [5.41, 5.74) is 0.0918. The molecule has 1 saturated heterocycles. The smallest absolute Gasteiger partial charge is 0.293 e. The summed E-state index contributed by atoms with van der Waals surface area (Å²) in [7, 11) is -3.80. The van der Waals surface area contributed by atoms with Gasteiger partial charge in [0.05, 0.1) is 9.82 Å². The van der Waals surface area contributed by atoms with Gasteiger partial charge in [0, 0.05) is 51.9 Å². The topological polar surface area (TPSA) is 113 Å². The molecule has 0 spiro atoms. The van der Waals surface area contributed by atoms with Crippen LogP contribution in [-0.4, -0.2) is 80.4 Å². The number of anilines is 1. The molecule has 1 aromatic rings. The van der Waals surface area contributed by atoms with E-state index in [1.165, 1.54) is 16.4 Å². The van der Waals surface area contributed by atoms with Crippen molar-refractivity contribution in [3.8, 4) is 0 Å². The summed E-state index contributed by atoms with van der Waals surface area (Å²) in [5, 5.41) is 11.7. The highest BCUT2D eigenvalue weighted by atomic mass is 32.2. The van der Waals surface area contributed by atoms with Gasteiger partial charge in [0.15, 0.2) is 0 Å². The maximum Gasteiger partial charge on any atom is 0.293 e. The Hall–Kier alpha value is -2.24. The highest BCUT2D eigenvalue weighted by molar-refractivity contribution is 7.89. The Morgan fingerprint density at radius 3 is 2.30 bits per heavy atom. The Balaban J connectivity index is 2.23. The molecule has 1 aromatic carbocycles. The Kier molecular flexibility index (Phi) is 8.16. The van der Waals surface area contributed by atoms with Gasteiger partial charge in [0.1, 0.15) is 11.8 Å². The third-order valence-electron chi connectivity index (χ3n) is 5.18. The average Bonchev–Trinajstić information content (AvgIpc) is 2.73. The fourth-order valence-electron chi connectivity index (χ4n) is 3.54. The molecular weight excluding hydrogens is 412 g/mol. The normalized spacial score (nSPS) is 16.0. The lowest BCUT2D eigenvalue weighted by Gasteiger charge is -2.36. The van der Waals surface area contributed by atoms with Crippen molar-refractivity contribution in [3.05, 3.63) is 28.3 Å². The molecule has 0 bridgehead atoms. The quantitative estimate of drug-likeness (QED) is 0.422. The lowest BCUT2D eigenvalue weighted by Crippen LogP contribution is -2.51. The first-order chi connectivity index (χ1) is 14.2. The van der Waals surface area contributed by atoms with Crippen LogP contribution in [0.1, 0.15) is 27.7 Å². The van der Waals surface area contributed by atoms with E-state index in [0.717, 1.165) is 6.07 Å². The second kappa shape index (κ2) is 10.2. The van der Waals surface area contributed by atoms with Crippen molar-refractivity contribution in [1.82, 2.24) is 9.21 Å². The molecular formula is C19H30N4O6S. The van der Waals surface area contributed by atoms with Crippen molar-refractivity contribution in [2.24, 2.45) is 0 Å². The second-order valence-corrected chi connectivity index (χ2v) is 8.84. The van der Waals surface area contributed by atoms with E-state index in [0.29, 0.717) is 38.5 Å². The number of carbonyl (C=O) groups excluding carboxylic acids is 1. The van der Waals surface area contributed by atoms with Crippen LogP contribution in [0.15, 0.2) is 23.1 Å². The van der Waals surface area contributed by atoms with Crippen molar-refractivity contribution in [2.75, 3.05) is 50.8 Å². The molecule has 1 heterocycles. The number of piperazine rings is 1. The number of hydrogen-bond donors (Lipinski definition) is 0. The van der Waals surface area contributed by atoms with E-state index in [4.69, 9.17) is 4.74 Å². The molecule has 0 saturated carbocycles. The van der Waals surface area contributed by atoms with E-state index >= 15 is 0 Å². The minimum absolute atomic E-state index is 0.0963. The number of nitro benzene ring substituents is 1. The predicted molar refractivity (Wildman–Crippen MR) is 113 cm³/mol. The fraction of sp³-hybridized carbons (Fsp3) is 0.632. The van der Waals surface area contributed by atoms with Gasteiger partial charge in [-0.1, -0.05) is 13.8 Å². The lowest BCUT2D eigenvalue weighted by atomic mass is 10.2. The molecule has 0 aliphatic carbocycles. The number of carbonyl (C=O) groups is 1. The maximum atomic E-state index is 12.7. The molecule has 0 N–H and O–H groups in total. The third kappa shape index (κ3) is 5.08. The van der Waals surface area contributed by atoms with Gasteiger partial charge in [-0.05, 0) is 26.0 Å². The summed E-state index contributed by atoms with van der Waals surface area (Å²) >= 11 is 0. The number of nitro groups is 1. The van der Waals surface area contributed by atoms with Crippen LogP contribution in [0, 0.1) is 10.1 Å². The van der Waals surface area contributed by atoms with Crippen LogP contribution in [0.4, 0.5) is 11.4 Å². The molecule has 168 valence electrons. The second-order valence-electron chi connectivity index (χ2n) is 6.91. The Labute approximate surface area is 177 Å². The average molecular weight is 443 g/mol. The summed E-state index contributed by atoms with van der Waals surface area (Å²) in [5.74, 6) is -0.105. The first kappa shape index (κ1) is 24.0. The molecule has 1 atom stereocenters. The molecule has 1 aliphatic heterocycles. The van der Waals surface area contributed by atoms with Crippen LogP contribution >= 0.6 is 0 Å². The zero-order valence-electron chi connectivity index (χ0n) is 17.9. The van der Waals surface area contributed by atoms with E-state index in [1.54, 1.807) is 30.6 Å². The Morgan fingerprint density at radius 1 is 1.20 bits per heavy atom. The lowest BCUT2D eigenvalue weighted by molar-refractivity contribution is -0.384.